The van der Waals surface area contributed by atoms with Crippen LogP contribution >= 0.6 is 0 Å². The molecule has 1 fully saturated rings. The van der Waals surface area contributed by atoms with Gasteiger partial charge >= 0.3 is 5.97 Å². The summed E-state index contributed by atoms with van der Waals surface area (Å²) in [6, 6.07) is 9.28. The number of benzene rings is 1. The SMILES string of the molecule is O=C(O)c1cc2ccccc2c(NCC2CCCOC2)n1. The molecule has 2 aromatic rings. The average Bonchev–Trinajstić information content (AvgIpc) is 2.53. The standard InChI is InChI=1S/C16H18N2O3/c19-16(20)14-8-12-5-1-2-6-13(12)15(18-14)17-9-11-4-3-7-21-10-11/h1-2,5-6,8,11H,3-4,7,9-10H2,(H,17,18)(H,19,20). The average molecular weight is 286 g/mol. The number of nitrogens with one attached hydrogen (secondary N) is 1. The second-order valence-corrected chi connectivity index (χ2v) is 5.35. The van der Waals surface area contributed by atoms with Crippen molar-refractivity contribution in [2.45, 2.75) is 12.8 Å². The van der Waals surface area contributed by atoms with Crippen LogP contribution in [0.1, 0.15) is 23.3 Å². The van der Waals surface area contributed by atoms with Crippen molar-refractivity contribution >= 4 is 22.6 Å². The maximum absolute atomic E-state index is 11.2. The number of rotatable bonds is 4. The molecule has 3 rings (SSSR count). The Kier molecular flexibility index (Phi) is 4.01. The van der Waals surface area contributed by atoms with Gasteiger partial charge in [0.1, 0.15) is 5.82 Å². The van der Waals surface area contributed by atoms with Gasteiger partial charge in [-0.05, 0) is 30.2 Å². The number of pyridine rings is 1. The van der Waals surface area contributed by atoms with Gasteiger partial charge in [0, 0.05) is 18.5 Å². The molecule has 1 aliphatic rings. The van der Waals surface area contributed by atoms with Crippen LogP contribution in [0.2, 0.25) is 0 Å². The number of hydrogen-bond donors (Lipinski definition) is 2. The zero-order valence-corrected chi connectivity index (χ0v) is 11.7. The quantitative estimate of drug-likeness (QED) is 0.904. The zero-order chi connectivity index (χ0) is 14.7. The van der Waals surface area contributed by atoms with Crippen molar-refractivity contribution in [1.29, 1.82) is 0 Å². The van der Waals surface area contributed by atoms with E-state index in [0.717, 1.165) is 43.4 Å². The third kappa shape index (κ3) is 3.13. The lowest BCUT2D eigenvalue weighted by Crippen LogP contribution is -2.24. The Hall–Kier alpha value is -2.14. The van der Waals surface area contributed by atoms with Crippen LogP contribution in [0.3, 0.4) is 0 Å². The number of carboxylic acid groups (broad SMARTS) is 1. The van der Waals surface area contributed by atoms with Crippen LogP contribution in [0, 0.1) is 5.92 Å². The third-order valence-electron chi connectivity index (χ3n) is 3.77. The molecule has 2 N–H and O–H groups in total. The fraction of sp³-hybridized carbons (Fsp3) is 0.375. The Bertz CT molecular complexity index is 651. The number of fused-ring (bicyclic) bond motifs is 1. The van der Waals surface area contributed by atoms with Gasteiger partial charge in [-0.25, -0.2) is 9.78 Å². The number of hydrogen-bond acceptors (Lipinski definition) is 4. The van der Waals surface area contributed by atoms with Gasteiger partial charge < -0.3 is 15.2 Å². The predicted molar refractivity (Wildman–Crippen MR) is 80.7 cm³/mol. The van der Waals surface area contributed by atoms with E-state index in [1.807, 2.05) is 24.3 Å². The Morgan fingerprint density at radius 2 is 2.29 bits per heavy atom. The van der Waals surface area contributed by atoms with Crippen molar-refractivity contribution in [3.63, 3.8) is 0 Å². The van der Waals surface area contributed by atoms with Gasteiger partial charge in [-0.15, -0.1) is 0 Å². The number of aromatic nitrogens is 1. The number of ether oxygens (including phenoxy) is 1. The molecule has 1 aromatic heterocycles. The van der Waals surface area contributed by atoms with Gasteiger partial charge in [0.05, 0.1) is 6.61 Å². The van der Waals surface area contributed by atoms with E-state index in [0.29, 0.717) is 11.7 Å². The highest BCUT2D eigenvalue weighted by Gasteiger charge is 2.15. The van der Waals surface area contributed by atoms with Crippen LogP contribution in [0.5, 0.6) is 0 Å². The largest absolute Gasteiger partial charge is 0.477 e. The molecule has 1 aliphatic heterocycles. The van der Waals surface area contributed by atoms with Gasteiger partial charge in [0.25, 0.3) is 0 Å². The zero-order valence-electron chi connectivity index (χ0n) is 11.7. The number of nitrogens with zero attached hydrogens (tertiary/aromatic N) is 1. The smallest absolute Gasteiger partial charge is 0.354 e. The molecule has 2 heterocycles. The Labute approximate surface area is 123 Å². The molecule has 0 radical (unpaired) electrons. The van der Waals surface area contributed by atoms with Crippen molar-refractivity contribution in [3.05, 3.63) is 36.0 Å². The maximum atomic E-state index is 11.2. The van der Waals surface area contributed by atoms with Gasteiger partial charge in [-0.3, -0.25) is 0 Å². The molecule has 0 bridgehead atoms. The summed E-state index contributed by atoms with van der Waals surface area (Å²) >= 11 is 0. The number of anilines is 1. The summed E-state index contributed by atoms with van der Waals surface area (Å²) in [5.41, 5.74) is 0.0658. The molecule has 1 atom stereocenters. The summed E-state index contributed by atoms with van der Waals surface area (Å²) in [6.45, 7) is 2.34. The summed E-state index contributed by atoms with van der Waals surface area (Å²) < 4.78 is 5.47. The number of carbonyl (C=O) groups is 1. The monoisotopic (exact) mass is 286 g/mol. The van der Waals surface area contributed by atoms with E-state index in [9.17, 15) is 9.90 Å². The molecular weight excluding hydrogens is 268 g/mol. The molecule has 1 aromatic carbocycles. The van der Waals surface area contributed by atoms with Crippen LogP contribution in [-0.4, -0.2) is 35.8 Å². The van der Waals surface area contributed by atoms with E-state index in [1.54, 1.807) is 6.07 Å². The van der Waals surface area contributed by atoms with E-state index >= 15 is 0 Å². The van der Waals surface area contributed by atoms with Crippen molar-refractivity contribution in [2.24, 2.45) is 5.92 Å². The van der Waals surface area contributed by atoms with E-state index < -0.39 is 5.97 Å². The molecule has 110 valence electrons. The molecule has 0 spiro atoms. The lowest BCUT2D eigenvalue weighted by Gasteiger charge is -2.22. The fourth-order valence-electron chi connectivity index (χ4n) is 2.65. The summed E-state index contributed by atoms with van der Waals surface area (Å²) in [7, 11) is 0. The van der Waals surface area contributed by atoms with Crippen LogP contribution in [0.25, 0.3) is 10.8 Å². The van der Waals surface area contributed by atoms with Crippen molar-refractivity contribution in [1.82, 2.24) is 4.98 Å². The minimum absolute atomic E-state index is 0.0658. The molecule has 21 heavy (non-hydrogen) atoms. The van der Waals surface area contributed by atoms with Crippen molar-refractivity contribution < 1.29 is 14.6 Å². The van der Waals surface area contributed by atoms with E-state index in [-0.39, 0.29) is 5.69 Å². The first-order valence-corrected chi connectivity index (χ1v) is 7.19. The summed E-state index contributed by atoms with van der Waals surface area (Å²) in [5.74, 6) is 0.0775. The Morgan fingerprint density at radius 1 is 1.43 bits per heavy atom. The molecule has 0 aliphatic carbocycles. The minimum atomic E-state index is -1.01. The summed E-state index contributed by atoms with van der Waals surface area (Å²) in [5, 5.41) is 14.3. The van der Waals surface area contributed by atoms with Crippen LogP contribution < -0.4 is 5.32 Å². The van der Waals surface area contributed by atoms with E-state index in [2.05, 4.69) is 10.3 Å². The van der Waals surface area contributed by atoms with Gasteiger partial charge in [0.15, 0.2) is 5.69 Å². The summed E-state index contributed by atoms with van der Waals surface area (Å²) in [4.78, 5) is 15.4. The van der Waals surface area contributed by atoms with Crippen LogP contribution in [0.15, 0.2) is 30.3 Å². The predicted octanol–water partition coefficient (Wildman–Crippen LogP) is 2.77. The number of aromatic carboxylic acids is 1. The van der Waals surface area contributed by atoms with E-state index in [4.69, 9.17) is 4.74 Å². The highest BCUT2D eigenvalue weighted by atomic mass is 16.5. The fourth-order valence-corrected chi connectivity index (χ4v) is 2.65. The number of carboxylic acids is 1. The second-order valence-electron chi connectivity index (χ2n) is 5.35. The highest BCUT2D eigenvalue weighted by molar-refractivity contribution is 5.97. The molecule has 5 nitrogen and oxygen atoms in total. The lowest BCUT2D eigenvalue weighted by atomic mass is 10.0. The van der Waals surface area contributed by atoms with Crippen LogP contribution in [-0.2, 0) is 4.74 Å². The molecule has 0 saturated carbocycles. The second kappa shape index (κ2) is 6.10. The Balaban J connectivity index is 1.86. The first kappa shape index (κ1) is 13.8. The molecule has 1 saturated heterocycles. The van der Waals surface area contributed by atoms with Gasteiger partial charge in [-0.1, -0.05) is 24.3 Å². The topological polar surface area (TPSA) is 71.5 Å². The lowest BCUT2D eigenvalue weighted by molar-refractivity contribution is 0.0594. The minimum Gasteiger partial charge on any atom is -0.477 e. The summed E-state index contributed by atoms with van der Waals surface area (Å²) in [6.07, 6.45) is 2.21. The first-order valence-electron chi connectivity index (χ1n) is 7.19. The Morgan fingerprint density at radius 3 is 3.05 bits per heavy atom. The molecule has 0 amide bonds. The molecule has 1 unspecified atom stereocenters. The van der Waals surface area contributed by atoms with Gasteiger partial charge in [-0.2, -0.15) is 0 Å². The maximum Gasteiger partial charge on any atom is 0.354 e. The van der Waals surface area contributed by atoms with Crippen molar-refractivity contribution in [2.75, 3.05) is 25.1 Å². The van der Waals surface area contributed by atoms with Crippen molar-refractivity contribution in [3.8, 4) is 0 Å². The van der Waals surface area contributed by atoms with E-state index in [1.165, 1.54) is 0 Å². The highest BCUT2D eigenvalue weighted by Crippen LogP contribution is 2.23. The molecular formula is C16H18N2O3. The third-order valence-corrected chi connectivity index (χ3v) is 3.77. The first-order chi connectivity index (χ1) is 10.2. The van der Waals surface area contributed by atoms with Crippen LogP contribution in [0.4, 0.5) is 5.82 Å². The normalized spacial score (nSPS) is 18.6. The molecule has 5 heteroatoms. The van der Waals surface area contributed by atoms with Gasteiger partial charge in [0.2, 0.25) is 0 Å².